The maximum atomic E-state index is 13.1. The molecule has 0 radical (unpaired) electrons. The third kappa shape index (κ3) is 4.06. The standard InChI is InChI=1S/C22H28N2O2/c1-3-8-16(2)23-21(25)18-11-7-14-24(15-18)22(26)20-13-6-10-17-9-4-5-12-19(17)20/h4-6,9-10,12-13,16,18H,3,7-8,11,14-15H2,1-2H3,(H,23,25). The highest BCUT2D eigenvalue weighted by Crippen LogP contribution is 2.23. The van der Waals surface area contributed by atoms with E-state index in [1.54, 1.807) is 0 Å². The zero-order valence-corrected chi connectivity index (χ0v) is 15.7. The molecule has 2 amide bonds. The van der Waals surface area contributed by atoms with Crippen LogP contribution in [0.25, 0.3) is 10.8 Å². The molecule has 2 aromatic rings. The topological polar surface area (TPSA) is 49.4 Å². The SMILES string of the molecule is CCCC(C)NC(=O)C1CCCN(C(=O)c2cccc3ccccc23)C1. The average molecular weight is 352 g/mol. The van der Waals surface area contributed by atoms with E-state index in [2.05, 4.69) is 12.2 Å². The number of piperidine rings is 1. The summed E-state index contributed by atoms with van der Waals surface area (Å²) in [5, 5.41) is 5.15. The van der Waals surface area contributed by atoms with Crippen LogP contribution in [0.3, 0.4) is 0 Å². The predicted molar refractivity (Wildman–Crippen MR) is 105 cm³/mol. The van der Waals surface area contributed by atoms with Gasteiger partial charge < -0.3 is 10.2 Å². The van der Waals surface area contributed by atoms with Crippen molar-refractivity contribution in [3.8, 4) is 0 Å². The molecule has 0 bridgehead atoms. The summed E-state index contributed by atoms with van der Waals surface area (Å²) in [5.74, 6) is 0.00394. The lowest BCUT2D eigenvalue weighted by Crippen LogP contribution is -2.47. The van der Waals surface area contributed by atoms with Crippen molar-refractivity contribution in [3.05, 3.63) is 48.0 Å². The quantitative estimate of drug-likeness (QED) is 0.884. The van der Waals surface area contributed by atoms with E-state index in [0.717, 1.165) is 48.6 Å². The van der Waals surface area contributed by atoms with Gasteiger partial charge >= 0.3 is 0 Å². The van der Waals surface area contributed by atoms with E-state index in [-0.39, 0.29) is 23.8 Å². The number of carbonyl (C=O) groups is 2. The van der Waals surface area contributed by atoms with E-state index < -0.39 is 0 Å². The highest BCUT2D eigenvalue weighted by molar-refractivity contribution is 6.07. The second-order valence-corrected chi connectivity index (χ2v) is 7.32. The van der Waals surface area contributed by atoms with Gasteiger partial charge in [-0.2, -0.15) is 0 Å². The Morgan fingerprint density at radius 1 is 1.19 bits per heavy atom. The fraction of sp³-hybridized carbons (Fsp3) is 0.455. The fourth-order valence-electron chi connectivity index (χ4n) is 3.82. The van der Waals surface area contributed by atoms with Gasteiger partial charge in [0.15, 0.2) is 0 Å². The molecule has 3 rings (SSSR count). The molecule has 4 heteroatoms. The van der Waals surface area contributed by atoms with Crippen LogP contribution in [0.2, 0.25) is 0 Å². The van der Waals surface area contributed by atoms with E-state index in [1.807, 2.05) is 54.3 Å². The maximum absolute atomic E-state index is 13.1. The molecule has 2 atom stereocenters. The summed E-state index contributed by atoms with van der Waals surface area (Å²) in [6.07, 6.45) is 3.76. The number of benzene rings is 2. The molecule has 1 N–H and O–H groups in total. The van der Waals surface area contributed by atoms with Crippen LogP contribution in [0.15, 0.2) is 42.5 Å². The summed E-state index contributed by atoms with van der Waals surface area (Å²) < 4.78 is 0. The summed E-state index contributed by atoms with van der Waals surface area (Å²) in [5.41, 5.74) is 0.725. The van der Waals surface area contributed by atoms with Crippen molar-refractivity contribution < 1.29 is 9.59 Å². The Morgan fingerprint density at radius 3 is 2.77 bits per heavy atom. The first-order valence-corrected chi connectivity index (χ1v) is 9.67. The number of hydrogen-bond acceptors (Lipinski definition) is 2. The number of nitrogens with zero attached hydrogens (tertiary/aromatic N) is 1. The van der Waals surface area contributed by atoms with Crippen molar-refractivity contribution in [1.82, 2.24) is 10.2 Å². The summed E-state index contributed by atoms with van der Waals surface area (Å²) in [4.78, 5) is 27.5. The minimum atomic E-state index is -0.109. The molecule has 1 saturated heterocycles. The molecule has 138 valence electrons. The lowest BCUT2D eigenvalue weighted by atomic mass is 9.95. The molecule has 26 heavy (non-hydrogen) atoms. The minimum Gasteiger partial charge on any atom is -0.353 e. The zero-order valence-electron chi connectivity index (χ0n) is 15.7. The van der Waals surface area contributed by atoms with Gasteiger partial charge in [-0.25, -0.2) is 0 Å². The van der Waals surface area contributed by atoms with Gasteiger partial charge in [0.25, 0.3) is 5.91 Å². The van der Waals surface area contributed by atoms with Gasteiger partial charge in [0, 0.05) is 24.7 Å². The Balaban J connectivity index is 1.72. The monoisotopic (exact) mass is 352 g/mol. The Morgan fingerprint density at radius 2 is 1.96 bits per heavy atom. The molecule has 1 fully saturated rings. The average Bonchev–Trinajstić information content (AvgIpc) is 2.67. The summed E-state index contributed by atoms with van der Waals surface area (Å²) in [6.45, 7) is 5.39. The van der Waals surface area contributed by atoms with Gasteiger partial charge in [-0.3, -0.25) is 9.59 Å². The predicted octanol–water partition coefficient (Wildman–Crippen LogP) is 4.00. The minimum absolute atomic E-state index is 0.0286. The molecular formula is C22H28N2O2. The number of fused-ring (bicyclic) bond motifs is 1. The van der Waals surface area contributed by atoms with E-state index >= 15 is 0 Å². The highest BCUT2D eigenvalue weighted by Gasteiger charge is 2.29. The van der Waals surface area contributed by atoms with Crippen LogP contribution in [0.1, 0.15) is 49.9 Å². The van der Waals surface area contributed by atoms with Crippen molar-refractivity contribution in [2.24, 2.45) is 5.92 Å². The number of amides is 2. The Labute approximate surface area is 155 Å². The number of nitrogens with one attached hydrogen (secondary N) is 1. The smallest absolute Gasteiger partial charge is 0.254 e. The van der Waals surface area contributed by atoms with E-state index in [0.29, 0.717) is 6.54 Å². The van der Waals surface area contributed by atoms with Gasteiger partial charge in [-0.15, -0.1) is 0 Å². The Kier molecular flexibility index (Phi) is 5.92. The molecule has 0 aromatic heterocycles. The van der Waals surface area contributed by atoms with Gasteiger partial charge in [0.05, 0.1) is 5.92 Å². The lowest BCUT2D eigenvalue weighted by molar-refractivity contribution is -0.127. The van der Waals surface area contributed by atoms with Crippen LogP contribution in [0, 0.1) is 5.92 Å². The second kappa shape index (κ2) is 8.35. The molecule has 0 saturated carbocycles. The Hall–Kier alpha value is -2.36. The van der Waals surface area contributed by atoms with Crippen LogP contribution >= 0.6 is 0 Å². The largest absolute Gasteiger partial charge is 0.353 e. The zero-order chi connectivity index (χ0) is 18.5. The van der Waals surface area contributed by atoms with Gasteiger partial charge in [0.1, 0.15) is 0 Å². The number of carbonyl (C=O) groups excluding carboxylic acids is 2. The van der Waals surface area contributed by atoms with E-state index in [9.17, 15) is 9.59 Å². The molecular weight excluding hydrogens is 324 g/mol. The lowest BCUT2D eigenvalue weighted by Gasteiger charge is -2.33. The number of rotatable bonds is 5. The molecule has 2 aromatic carbocycles. The van der Waals surface area contributed by atoms with Gasteiger partial charge in [0.2, 0.25) is 5.91 Å². The van der Waals surface area contributed by atoms with E-state index in [1.165, 1.54) is 0 Å². The third-order valence-electron chi connectivity index (χ3n) is 5.21. The Bertz CT molecular complexity index is 781. The van der Waals surface area contributed by atoms with Crippen molar-refractivity contribution in [3.63, 3.8) is 0 Å². The molecule has 1 aliphatic rings. The van der Waals surface area contributed by atoms with Crippen LogP contribution < -0.4 is 5.32 Å². The summed E-state index contributed by atoms with van der Waals surface area (Å²) >= 11 is 0. The third-order valence-corrected chi connectivity index (χ3v) is 5.21. The fourth-order valence-corrected chi connectivity index (χ4v) is 3.82. The molecule has 1 heterocycles. The van der Waals surface area contributed by atoms with E-state index in [4.69, 9.17) is 0 Å². The summed E-state index contributed by atoms with van der Waals surface area (Å²) in [7, 11) is 0. The van der Waals surface area contributed by atoms with Gasteiger partial charge in [-0.05, 0) is 43.0 Å². The first-order chi connectivity index (χ1) is 12.6. The highest BCUT2D eigenvalue weighted by atomic mass is 16.2. The van der Waals surface area contributed by atoms with Crippen LogP contribution in [0.5, 0.6) is 0 Å². The number of likely N-dealkylation sites (tertiary alicyclic amines) is 1. The first-order valence-electron chi connectivity index (χ1n) is 9.67. The van der Waals surface area contributed by atoms with Crippen LogP contribution in [-0.2, 0) is 4.79 Å². The number of hydrogen-bond donors (Lipinski definition) is 1. The molecule has 1 aliphatic heterocycles. The summed E-state index contributed by atoms with van der Waals surface area (Å²) in [6, 6.07) is 14.0. The molecule has 4 nitrogen and oxygen atoms in total. The second-order valence-electron chi connectivity index (χ2n) is 7.32. The van der Waals surface area contributed by atoms with Crippen molar-refractivity contribution in [2.75, 3.05) is 13.1 Å². The van der Waals surface area contributed by atoms with Crippen molar-refractivity contribution in [1.29, 1.82) is 0 Å². The van der Waals surface area contributed by atoms with Crippen molar-refractivity contribution >= 4 is 22.6 Å². The van der Waals surface area contributed by atoms with Gasteiger partial charge in [-0.1, -0.05) is 49.7 Å². The molecule has 0 aliphatic carbocycles. The molecule has 0 spiro atoms. The van der Waals surface area contributed by atoms with Crippen LogP contribution in [-0.4, -0.2) is 35.8 Å². The maximum Gasteiger partial charge on any atom is 0.254 e. The molecule has 2 unspecified atom stereocenters. The van der Waals surface area contributed by atoms with Crippen molar-refractivity contribution in [2.45, 2.75) is 45.6 Å². The normalized spacial score (nSPS) is 18.5. The van der Waals surface area contributed by atoms with Crippen LogP contribution in [0.4, 0.5) is 0 Å². The first kappa shape index (κ1) is 18.4.